The zero-order valence-electron chi connectivity index (χ0n) is 10.8. The van der Waals surface area contributed by atoms with E-state index in [4.69, 9.17) is 10.3 Å². The van der Waals surface area contributed by atoms with E-state index >= 15 is 0 Å². The van der Waals surface area contributed by atoms with Crippen LogP contribution in [0.25, 0.3) is 10.1 Å². The van der Waals surface area contributed by atoms with Gasteiger partial charge in [-0.1, -0.05) is 16.8 Å². The molecule has 5 nitrogen and oxygen atoms in total. The Balaban J connectivity index is 1.86. The number of carbonyl (C=O) groups excluding carboxylic acids is 1. The number of fused-ring (bicyclic) bond motifs is 1. The lowest BCUT2D eigenvalue weighted by Gasteiger charge is -2.01. The molecule has 0 aliphatic heterocycles. The largest absolute Gasteiger partial charge is 0.397 e. The van der Waals surface area contributed by atoms with E-state index in [2.05, 4.69) is 10.5 Å². The van der Waals surface area contributed by atoms with Gasteiger partial charge in [-0.15, -0.1) is 11.3 Å². The highest BCUT2D eigenvalue weighted by Crippen LogP contribution is 2.34. The van der Waals surface area contributed by atoms with Gasteiger partial charge in [-0.2, -0.15) is 0 Å². The molecule has 0 saturated heterocycles. The van der Waals surface area contributed by atoms with Crippen LogP contribution in [-0.4, -0.2) is 11.1 Å². The van der Waals surface area contributed by atoms with E-state index < -0.39 is 0 Å². The maximum absolute atomic E-state index is 12.2. The summed E-state index contributed by atoms with van der Waals surface area (Å²) in [5.41, 5.74) is 8.40. The van der Waals surface area contributed by atoms with Gasteiger partial charge in [-0.3, -0.25) is 4.79 Å². The zero-order valence-corrected chi connectivity index (χ0v) is 11.7. The molecule has 2 aromatic heterocycles. The third-order valence-electron chi connectivity index (χ3n) is 3.01. The molecule has 6 heteroatoms. The third-order valence-corrected chi connectivity index (χ3v) is 4.19. The van der Waals surface area contributed by atoms with Gasteiger partial charge in [0.1, 0.15) is 16.8 Å². The van der Waals surface area contributed by atoms with Crippen molar-refractivity contribution in [2.75, 3.05) is 5.73 Å². The summed E-state index contributed by atoms with van der Waals surface area (Å²) >= 11 is 1.40. The summed E-state index contributed by atoms with van der Waals surface area (Å²) in [6.07, 6.45) is 1.47. The summed E-state index contributed by atoms with van der Waals surface area (Å²) in [4.78, 5) is 12.7. The van der Waals surface area contributed by atoms with Crippen molar-refractivity contribution < 1.29 is 9.32 Å². The van der Waals surface area contributed by atoms with Crippen LogP contribution in [0.5, 0.6) is 0 Å². The number of nitrogens with two attached hydrogens (primary N) is 1. The molecular weight excluding hydrogens is 274 g/mol. The fourth-order valence-electron chi connectivity index (χ4n) is 1.98. The van der Waals surface area contributed by atoms with Crippen LogP contribution in [0.3, 0.4) is 0 Å². The molecule has 3 aromatic rings. The average Bonchev–Trinajstić information content (AvgIpc) is 3.05. The number of carbonyl (C=O) groups is 1. The first-order chi connectivity index (χ1) is 9.65. The lowest BCUT2D eigenvalue weighted by Crippen LogP contribution is -2.22. The molecule has 0 radical (unpaired) electrons. The van der Waals surface area contributed by atoms with Crippen molar-refractivity contribution in [3.8, 4) is 0 Å². The van der Waals surface area contributed by atoms with E-state index in [1.807, 2.05) is 25.1 Å². The molecule has 1 aromatic carbocycles. The van der Waals surface area contributed by atoms with E-state index in [0.29, 0.717) is 22.8 Å². The quantitative estimate of drug-likeness (QED) is 0.776. The second kappa shape index (κ2) is 4.97. The van der Waals surface area contributed by atoms with Crippen LogP contribution >= 0.6 is 11.3 Å². The van der Waals surface area contributed by atoms with Gasteiger partial charge in [-0.25, -0.2) is 0 Å². The van der Waals surface area contributed by atoms with Crippen LogP contribution in [-0.2, 0) is 6.54 Å². The monoisotopic (exact) mass is 287 g/mol. The Morgan fingerprint density at radius 2 is 2.30 bits per heavy atom. The first-order valence-electron chi connectivity index (χ1n) is 6.11. The van der Waals surface area contributed by atoms with Gasteiger partial charge in [-0.05, 0) is 19.1 Å². The first kappa shape index (κ1) is 12.7. The van der Waals surface area contributed by atoms with E-state index in [1.54, 1.807) is 6.07 Å². The van der Waals surface area contributed by atoms with Gasteiger partial charge in [0, 0.05) is 16.2 Å². The second-order valence-corrected chi connectivity index (χ2v) is 5.57. The molecule has 20 heavy (non-hydrogen) atoms. The highest BCUT2D eigenvalue weighted by Gasteiger charge is 2.16. The van der Waals surface area contributed by atoms with Crippen molar-refractivity contribution in [2.24, 2.45) is 0 Å². The number of hydrogen-bond acceptors (Lipinski definition) is 5. The predicted molar refractivity (Wildman–Crippen MR) is 78.6 cm³/mol. The predicted octanol–water partition coefficient (Wildman–Crippen LogP) is 2.71. The molecule has 0 saturated carbocycles. The third kappa shape index (κ3) is 2.25. The standard InChI is InChI=1S/C14H13N3O2S/c1-8-2-3-11-10(6-8)12(15)13(20-11)14(18)16-7-9-4-5-19-17-9/h2-6H,7,15H2,1H3,(H,16,18). The lowest BCUT2D eigenvalue weighted by atomic mass is 10.1. The lowest BCUT2D eigenvalue weighted by molar-refractivity contribution is 0.0955. The van der Waals surface area contributed by atoms with Crippen LogP contribution in [0, 0.1) is 6.92 Å². The number of benzene rings is 1. The Morgan fingerprint density at radius 3 is 3.05 bits per heavy atom. The SMILES string of the molecule is Cc1ccc2sc(C(=O)NCc3ccon3)c(N)c2c1. The second-order valence-electron chi connectivity index (χ2n) is 4.52. The summed E-state index contributed by atoms with van der Waals surface area (Å²) in [7, 11) is 0. The maximum atomic E-state index is 12.2. The number of aromatic nitrogens is 1. The van der Waals surface area contributed by atoms with Gasteiger partial charge in [0.25, 0.3) is 5.91 Å². The van der Waals surface area contributed by atoms with Gasteiger partial charge in [0.05, 0.1) is 12.2 Å². The Labute approximate surface area is 119 Å². The first-order valence-corrected chi connectivity index (χ1v) is 6.93. The highest BCUT2D eigenvalue weighted by atomic mass is 32.1. The summed E-state index contributed by atoms with van der Waals surface area (Å²) in [5, 5.41) is 7.46. The fourth-order valence-corrected chi connectivity index (χ4v) is 3.00. The van der Waals surface area contributed by atoms with Crippen LogP contribution in [0.2, 0.25) is 0 Å². The Kier molecular flexibility index (Phi) is 3.15. The van der Waals surface area contributed by atoms with Crippen LogP contribution in [0.1, 0.15) is 20.9 Å². The maximum Gasteiger partial charge on any atom is 0.263 e. The van der Waals surface area contributed by atoms with Crippen molar-refractivity contribution in [2.45, 2.75) is 13.5 Å². The van der Waals surface area contributed by atoms with Crippen molar-refractivity contribution >= 4 is 33.0 Å². The van der Waals surface area contributed by atoms with Crippen LogP contribution < -0.4 is 11.1 Å². The van der Waals surface area contributed by atoms with Crippen molar-refractivity contribution in [1.29, 1.82) is 0 Å². The number of nitrogen functional groups attached to an aromatic ring is 1. The number of amides is 1. The average molecular weight is 287 g/mol. The van der Waals surface area contributed by atoms with Gasteiger partial charge in [0.15, 0.2) is 0 Å². The molecule has 0 atom stereocenters. The Hall–Kier alpha value is -2.34. The molecule has 0 fully saturated rings. The molecule has 0 aliphatic rings. The Bertz CT molecular complexity index is 762. The number of nitrogens with zero attached hydrogens (tertiary/aromatic N) is 1. The number of thiophene rings is 1. The van der Waals surface area contributed by atoms with Gasteiger partial charge < -0.3 is 15.6 Å². The number of rotatable bonds is 3. The molecular formula is C14H13N3O2S. The minimum absolute atomic E-state index is 0.190. The van der Waals surface area contributed by atoms with Crippen molar-refractivity contribution in [3.63, 3.8) is 0 Å². The summed E-state index contributed by atoms with van der Waals surface area (Å²) in [5.74, 6) is -0.190. The number of hydrogen-bond donors (Lipinski definition) is 2. The molecule has 0 aliphatic carbocycles. The van der Waals surface area contributed by atoms with Crippen LogP contribution in [0.4, 0.5) is 5.69 Å². The zero-order chi connectivity index (χ0) is 14.1. The van der Waals surface area contributed by atoms with E-state index in [-0.39, 0.29) is 5.91 Å². The topological polar surface area (TPSA) is 81.2 Å². The molecule has 1 amide bonds. The van der Waals surface area contributed by atoms with E-state index in [0.717, 1.165) is 15.6 Å². The van der Waals surface area contributed by atoms with Gasteiger partial charge >= 0.3 is 0 Å². The molecule has 3 N–H and O–H groups in total. The number of aryl methyl sites for hydroxylation is 1. The normalized spacial score (nSPS) is 10.8. The minimum Gasteiger partial charge on any atom is -0.397 e. The van der Waals surface area contributed by atoms with E-state index in [1.165, 1.54) is 17.6 Å². The molecule has 2 heterocycles. The number of anilines is 1. The molecule has 0 spiro atoms. The molecule has 0 bridgehead atoms. The number of nitrogens with one attached hydrogen (secondary N) is 1. The summed E-state index contributed by atoms with van der Waals surface area (Å²) in [6, 6.07) is 7.70. The van der Waals surface area contributed by atoms with Gasteiger partial charge in [0.2, 0.25) is 0 Å². The highest BCUT2D eigenvalue weighted by molar-refractivity contribution is 7.21. The molecule has 102 valence electrons. The fraction of sp³-hybridized carbons (Fsp3) is 0.143. The summed E-state index contributed by atoms with van der Waals surface area (Å²) in [6.45, 7) is 2.32. The van der Waals surface area contributed by atoms with Crippen molar-refractivity contribution in [1.82, 2.24) is 10.5 Å². The van der Waals surface area contributed by atoms with Crippen molar-refractivity contribution in [3.05, 3.63) is 46.7 Å². The van der Waals surface area contributed by atoms with E-state index in [9.17, 15) is 4.79 Å². The summed E-state index contributed by atoms with van der Waals surface area (Å²) < 4.78 is 5.73. The Morgan fingerprint density at radius 1 is 1.45 bits per heavy atom. The molecule has 3 rings (SSSR count). The minimum atomic E-state index is -0.190. The smallest absolute Gasteiger partial charge is 0.263 e. The van der Waals surface area contributed by atoms with Crippen LogP contribution in [0.15, 0.2) is 35.1 Å². The molecule has 0 unspecified atom stereocenters.